The molecule has 1 aromatic carbocycles. The third-order valence-corrected chi connectivity index (χ3v) is 8.49. The normalized spacial score (nSPS) is 19.5. The summed E-state index contributed by atoms with van der Waals surface area (Å²) in [7, 11) is 0.311. The molecule has 3 heterocycles. The molecule has 0 radical (unpaired) electrons. The van der Waals surface area contributed by atoms with Crippen LogP contribution in [0.1, 0.15) is 74.9 Å². The summed E-state index contributed by atoms with van der Waals surface area (Å²) in [5.41, 5.74) is 0.991. The number of ketones is 1. The third-order valence-electron chi connectivity index (χ3n) is 6.74. The number of carbonyl (C=O) groups excluding carboxylic acids is 1. The monoisotopic (exact) mass is 542 g/mol. The first-order valence-electron chi connectivity index (χ1n) is 12.5. The zero-order chi connectivity index (χ0) is 28.0. The summed E-state index contributed by atoms with van der Waals surface area (Å²) < 4.78 is 37.1. The van der Waals surface area contributed by atoms with Crippen LogP contribution in [-0.4, -0.2) is 41.2 Å². The Labute approximate surface area is 225 Å². The van der Waals surface area contributed by atoms with Gasteiger partial charge in [0.15, 0.2) is 11.5 Å². The number of aliphatic hydroxyl groups is 1. The summed E-state index contributed by atoms with van der Waals surface area (Å²) in [6.07, 6.45) is 0.195. The maximum absolute atomic E-state index is 13.7. The number of Topliss-reactive ketones (excluding diaryl/α,β-unsaturated/α-hetero) is 1. The highest BCUT2D eigenvalue weighted by molar-refractivity contribution is 7.84. The molecule has 0 spiro atoms. The first-order chi connectivity index (χ1) is 17.6. The fraction of sp³-hybridized carbons (Fsp3) is 0.464. The van der Waals surface area contributed by atoms with Crippen molar-refractivity contribution in [1.82, 2.24) is 19.5 Å². The van der Waals surface area contributed by atoms with E-state index < -0.39 is 26.9 Å². The Kier molecular flexibility index (Phi) is 7.37. The summed E-state index contributed by atoms with van der Waals surface area (Å²) in [5.74, 6) is -0.0346. The van der Waals surface area contributed by atoms with E-state index in [-0.39, 0.29) is 31.0 Å². The molecule has 38 heavy (non-hydrogen) atoms. The summed E-state index contributed by atoms with van der Waals surface area (Å²) in [4.78, 5) is 17.6. The SMILES string of the molecule is Cc1cc(C(=O)CCC(C)(O)c2cc3c(c(-c4ccc(F)cc4)n2)OCC3(C)NS(=O)C(C)(C)C)n(C)n1. The van der Waals surface area contributed by atoms with Crippen molar-refractivity contribution < 1.29 is 23.2 Å². The number of nitrogens with one attached hydrogen (secondary N) is 1. The highest BCUT2D eigenvalue weighted by Gasteiger charge is 2.43. The molecule has 3 atom stereocenters. The highest BCUT2D eigenvalue weighted by Crippen LogP contribution is 2.45. The molecular formula is C28H35FN4O4S. The minimum atomic E-state index is -1.47. The minimum absolute atomic E-state index is 0.0800. The molecule has 0 saturated carbocycles. The van der Waals surface area contributed by atoms with Crippen LogP contribution in [0.3, 0.4) is 0 Å². The molecule has 8 nitrogen and oxygen atoms in total. The second-order valence-electron chi connectivity index (χ2n) is 11.3. The summed E-state index contributed by atoms with van der Waals surface area (Å²) in [6.45, 7) is 11.2. The van der Waals surface area contributed by atoms with Crippen molar-refractivity contribution in [2.75, 3.05) is 6.61 Å². The Hall–Kier alpha value is -2.95. The van der Waals surface area contributed by atoms with Gasteiger partial charge in [-0.1, -0.05) is 0 Å². The standard InChI is InChI=1S/C28H35FN4O4S/c1-17-14-21(33(7)31-17)22(34)12-13-28(6,35)23-15-20-25(24(30-23)18-8-10-19(29)11-9-18)37-16-27(20,5)32-38(36)26(2,3)4/h8-11,14-15,32,35H,12-13,16H2,1-7H3. The maximum atomic E-state index is 13.7. The largest absolute Gasteiger partial charge is 0.489 e. The fourth-order valence-electron chi connectivity index (χ4n) is 4.39. The molecule has 0 saturated heterocycles. The smallest absolute Gasteiger partial charge is 0.180 e. The van der Waals surface area contributed by atoms with Crippen molar-refractivity contribution in [2.45, 2.75) is 70.3 Å². The van der Waals surface area contributed by atoms with Crippen LogP contribution < -0.4 is 9.46 Å². The van der Waals surface area contributed by atoms with Crippen LogP contribution in [0, 0.1) is 12.7 Å². The van der Waals surface area contributed by atoms with Gasteiger partial charge in [0, 0.05) is 24.6 Å². The topological polar surface area (TPSA) is 106 Å². The molecule has 3 unspecified atom stereocenters. The predicted octanol–water partition coefficient (Wildman–Crippen LogP) is 4.46. The molecule has 204 valence electrons. The van der Waals surface area contributed by atoms with Crippen molar-refractivity contribution >= 4 is 16.8 Å². The predicted molar refractivity (Wildman–Crippen MR) is 145 cm³/mol. The zero-order valence-corrected chi connectivity index (χ0v) is 23.7. The van der Waals surface area contributed by atoms with Gasteiger partial charge in [-0.25, -0.2) is 18.3 Å². The molecule has 0 amide bonds. The summed E-state index contributed by atoms with van der Waals surface area (Å²) in [6, 6.07) is 9.35. The van der Waals surface area contributed by atoms with Crippen molar-refractivity contribution in [3.63, 3.8) is 0 Å². The minimum Gasteiger partial charge on any atom is -0.489 e. The first-order valence-corrected chi connectivity index (χ1v) is 13.7. The van der Waals surface area contributed by atoms with E-state index >= 15 is 0 Å². The van der Waals surface area contributed by atoms with E-state index in [0.717, 1.165) is 5.69 Å². The lowest BCUT2D eigenvalue weighted by Gasteiger charge is -2.30. The Morgan fingerprint density at radius 1 is 1.24 bits per heavy atom. The van der Waals surface area contributed by atoms with Gasteiger partial charge >= 0.3 is 0 Å². The van der Waals surface area contributed by atoms with Crippen LogP contribution in [0.5, 0.6) is 5.75 Å². The lowest BCUT2D eigenvalue weighted by Crippen LogP contribution is -2.47. The number of nitrogens with zero attached hydrogens (tertiary/aromatic N) is 3. The van der Waals surface area contributed by atoms with E-state index in [9.17, 15) is 18.5 Å². The van der Waals surface area contributed by atoms with Gasteiger partial charge in [0.2, 0.25) is 0 Å². The lowest BCUT2D eigenvalue weighted by atomic mass is 9.88. The van der Waals surface area contributed by atoms with E-state index in [1.807, 2.05) is 34.6 Å². The number of benzene rings is 1. The van der Waals surface area contributed by atoms with Gasteiger partial charge in [-0.3, -0.25) is 9.48 Å². The van der Waals surface area contributed by atoms with E-state index in [4.69, 9.17) is 9.72 Å². The van der Waals surface area contributed by atoms with Crippen LogP contribution in [0.15, 0.2) is 36.4 Å². The van der Waals surface area contributed by atoms with Crippen molar-refractivity contribution in [2.24, 2.45) is 7.05 Å². The second kappa shape index (κ2) is 9.98. The molecule has 10 heteroatoms. The Morgan fingerprint density at radius 3 is 2.47 bits per heavy atom. The lowest BCUT2D eigenvalue weighted by molar-refractivity contribution is 0.0395. The third kappa shape index (κ3) is 5.57. The number of hydrogen-bond acceptors (Lipinski definition) is 6. The van der Waals surface area contributed by atoms with Gasteiger partial charge < -0.3 is 9.84 Å². The van der Waals surface area contributed by atoms with Crippen LogP contribution in [0.25, 0.3) is 11.3 Å². The molecule has 1 aliphatic rings. The molecule has 3 aromatic rings. The average molecular weight is 543 g/mol. The number of rotatable bonds is 8. The number of hydrogen-bond donors (Lipinski definition) is 2. The van der Waals surface area contributed by atoms with Gasteiger partial charge in [0.05, 0.1) is 32.7 Å². The highest BCUT2D eigenvalue weighted by atomic mass is 32.2. The Morgan fingerprint density at radius 2 is 1.89 bits per heavy atom. The summed E-state index contributed by atoms with van der Waals surface area (Å²) in [5, 5.41) is 15.8. The van der Waals surface area contributed by atoms with E-state index in [0.29, 0.717) is 34.0 Å². The number of ether oxygens (including phenoxy) is 1. The second-order valence-corrected chi connectivity index (χ2v) is 13.3. The molecule has 4 rings (SSSR count). The molecule has 0 aliphatic carbocycles. The number of halogens is 1. The molecule has 0 fully saturated rings. The number of carbonyl (C=O) groups is 1. The fourth-order valence-corrected chi connectivity index (χ4v) is 5.27. The van der Waals surface area contributed by atoms with E-state index in [1.165, 1.54) is 16.8 Å². The quantitative estimate of drug-likeness (QED) is 0.407. The van der Waals surface area contributed by atoms with E-state index in [1.54, 1.807) is 38.2 Å². The Balaban J connectivity index is 1.74. The number of aromatic nitrogens is 3. The molecular weight excluding hydrogens is 507 g/mol. The molecule has 2 aromatic heterocycles. The van der Waals surface area contributed by atoms with Crippen LogP contribution in [-0.2, 0) is 29.2 Å². The molecule has 1 aliphatic heterocycles. The van der Waals surface area contributed by atoms with Gasteiger partial charge in [-0.2, -0.15) is 5.10 Å². The number of pyridine rings is 1. The van der Waals surface area contributed by atoms with Crippen LogP contribution in [0.4, 0.5) is 4.39 Å². The Bertz CT molecular complexity index is 1400. The average Bonchev–Trinajstić information content (AvgIpc) is 3.35. The van der Waals surface area contributed by atoms with Gasteiger partial charge in [0.1, 0.15) is 29.4 Å². The van der Waals surface area contributed by atoms with Gasteiger partial charge in [0.25, 0.3) is 0 Å². The van der Waals surface area contributed by atoms with Crippen LogP contribution in [0.2, 0.25) is 0 Å². The zero-order valence-electron chi connectivity index (χ0n) is 22.9. The van der Waals surface area contributed by atoms with Crippen molar-refractivity contribution in [3.8, 4) is 17.0 Å². The van der Waals surface area contributed by atoms with Gasteiger partial charge in [-0.15, -0.1) is 0 Å². The van der Waals surface area contributed by atoms with Crippen LogP contribution >= 0.6 is 0 Å². The number of aryl methyl sites for hydroxylation is 2. The molecule has 0 bridgehead atoms. The van der Waals surface area contributed by atoms with Crippen molar-refractivity contribution in [3.05, 3.63) is 64.9 Å². The van der Waals surface area contributed by atoms with Crippen molar-refractivity contribution in [1.29, 1.82) is 0 Å². The molecule has 2 N–H and O–H groups in total. The number of fused-ring (bicyclic) bond motifs is 1. The van der Waals surface area contributed by atoms with E-state index in [2.05, 4.69) is 9.82 Å². The first kappa shape index (κ1) is 28.1. The maximum Gasteiger partial charge on any atom is 0.180 e. The summed E-state index contributed by atoms with van der Waals surface area (Å²) >= 11 is 0. The van der Waals surface area contributed by atoms with Gasteiger partial charge in [-0.05, 0) is 84.4 Å².